The maximum atomic E-state index is 9.15. The minimum Gasteiger partial charge on any atom is -0.193 e. The SMILES string of the molecule is C[C@@H]1CCC2=CC[C@H]3C4CC/C(=C/C#N)C4(C)CCC3[C@@]2(C)C1. The maximum Gasteiger partial charge on any atom is 0.0911 e. The van der Waals surface area contributed by atoms with Crippen LogP contribution in [0.1, 0.15) is 72.1 Å². The van der Waals surface area contributed by atoms with Gasteiger partial charge in [0.05, 0.1) is 6.07 Å². The molecule has 23 heavy (non-hydrogen) atoms. The molecule has 3 fully saturated rings. The van der Waals surface area contributed by atoms with Gasteiger partial charge in [0.2, 0.25) is 0 Å². The van der Waals surface area contributed by atoms with Crippen LogP contribution in [0.2, 0.25) is 0 Å². The zero-order valence-electron chi connectivity index (χ0n) is 15.1. The highest BCUT2D eigenvalue weighted by Crippen LogP contribution is 2.66. The van der Waals surface area contributed by atoms with Crippen molar-refractivity contribution in [3.63, 3.8) is 0 Å². The van der Waals surface area contributed by atoms with Gasteiger partial charge in [0, 0.05) is 6.08 Å². The molecule has 0 aromatic rings. The number of hydrogen-bond donors (Lipinski definition) is 0. The van der Waals surface area contributed by atoms with Gasteiger partial charge in [-0.1, -0.05) is 38.0 Å². The van der Waals surface area contributed by atoms with Gasteiger partial charge in [-0.2, -0.15) is 5.26 Å². The van der Waals surface area contributed by atoms with E-state index in [9.17, 15) is 0 Å². The number of nitriles is 1. The molecule has 0 aliphatic heterocycles. The fraction of sp³-hybridized carbons (Fsp3) is 0.773. The van der Waals surface area contributed by atoms with Crippen LogP contribution in [0.5, 0.6) is 0 Å². The molecule has 4 aliphatic rings. The fourth-order valence-electron chi connectivity index (χ4n) is 7.22. The van der Waals surface area contributed by atoms with E-state index in [0.717, 1.165) is 23.7 Å². The molecule has 1 nitrogen and oxygen atoms in total. The number of hydrogen-bond acceptors (Lipinski definition) is 1. The van der Waals surface area contributed by atoms with Gasteiger partial charge in [-0.15, -0.1) is 0 Å². The van der Waals surface area contributed by atoms with Crippen LogP contribution >= 0.6 is 0 Å². The van der Waals surface area contributed by atoms with Crippen LogP contribution in [0, 0.1) is 45.8 Å². The summed E-state index contributed by atoms with van der Waals surface area (Å²) in [7, 11) is 0. The molecule has 3 unspecified atom stereocenters. The topological polar surface area (TPSA) is 23.8 Å². The first kappa shape index (κ1) is 15.5. The van der Waals surface area contributed by atoms with Crippen LogP contribution in [-0.4, -0.2) is 0 Å². The highest BCUT2D eigenvalue weighted by molar-refractivity contribution is 5.31. The van der Waals surface area contributed by atoms with E-state index in [2.05, 4.69) is 32.9 Å². The third-order valence-corrected chi connectivity index (χ3v) is 8.39. The molecule has 0 saturated heterocycles. The van der Waals surface area contributed by atoms with E-state index in [0.29, 0.717) is 10.8 Å². The zero-order chi connectivity index (χ0) is 16.2. The molecule has 4 rings (SSSR count). The van der Waals surface area contributed by atoms with Crippen molar-refractivity contribution in [2.45, 2.75) is 72.1 Å². The monoisotopic (exact) mass is 309 g/mol. The molecule has 0 aromatic heterocycles. The number of nitrogens with zero attached hydrogens (tertiary/aromatic N) is 1. The van der Waals surface area contributed by atoms with Crippen molar-refractivity contribution < 1.29 is 0 Å². The Morgan fingerprint density at radius 3 is 2.70 bits per heavy atom. The summed E-state index contributed by atoms with van der Waals surface area (Å²) < 4.78 is 0. The van der Waals surface area contributed by atoms with Gasteiger partial charge < -0.3 is 0 Å². The van der Waals surface area contributed by atoms with Crippen molar-refractivity contribution >= 4 is 0 Å². The molecule has 0 aromatic carbocycles. The maximum absolute atomic E-state index is 9.15. The standard InChI is InChI=1S/C22H31N/c1-15-4-5-16-6-8-18-19-9-7-17(11-13-23)21(19,2)12-10-20(18)22(16,3)14-15/h6,11,15,18-20H,4-5,7-10,12,14H2,1-3H3/b17-11-/t15-,18+,19?,20?,21?,22+/m1/s1. The predicted octanol–water partition coefficient (Wildman–Crippen LogP) is 6.04. The van der Waals surface area contributed by atoms with Crippen molar-refractivity contribution in [3.8, 4) is 6.07 Å². The molecule has 1 heteroatoms. The second-order valence-corrected chi connectivity index (χ2v) is 9.40. The van der Waals surface area contributed by atoms with Gasteiger partial charge in [-0.05, 0) is 85.9 Å². The predicted molar refractivity (Wildman–Crippen MR) is 94.6 cm³/mol. The van der Waals surface area contributed by atoms with Crippen LogP contribution in [0.25, 0.3) is 0 Å². The minimum absolute atomic E-state index is 0.318. The van der Waals surface area contributed by atoms with Crippen LogP contribution in [0.15, 0.2) is 23.3 Å². The van der Waals surface area contributed by atoms with Crippen molar-refractivity contribution in [1.29, 1.82) is 5.26 Å². The first-order valence-corrected chi connectivity index (χ1v) is 9.77. The molecule has 0 bridgehead atoms. The highest BCUT2D eigenvalue weighted by Gasteiger charge is 2.57. The van der Waals surface area contributed by atoms with Crippen LogP contribution in [0.3, 0.4) is 0 Å². The second-order valence-electron chi connectivity index (χ2n) is 9.40. The Kier molecular flexibility index (Phi) is 3.53. The third kappa shape index (κ3) is 2.10. The third-order valence-electron chi connectivity index (χ3n) is 8.39. The quantitative estimate of drug-likeness (QED) is 0.395. The first-order valence-electron chi connectivity index (χ1n) is 9.77. The first-order chi connectivity index (χ1) is 11.0. The van der Waals surface area contributed by atoms with E-state index in [4.69, 9.17) is 5.26 Å². The van der Waals surface area contributed by atoms with Crippen molar-refractivity contribution in [2.75, 3.05) is 0 Å². The molecule has 124 valence electrons. The number of allylic oxidation sites excluding steroid dienone is 4. The number of fused-ring (bicyclic) bond motifs is 5. The summed E-state index contributed by atoms with van der Waals surface area (Å²) in [5.41, 5.74) is 4.05. The molecule has 0 spiro atoms. The van der Waals surface area contributed by atoms with Gasteiger partial charge in [0.1, 0.15) is 0 Å². The molecule has 6 atom stereocenters. The van der Waals surface area contributed by atoms with Crippen molar-refractivity contribution in [1.82, 2.24) is 0 Å². The van der Waals surface area contributed by atoms with Gasteiger partial charge in [-0.3, -0.25) is 0 Å². The van der Waals surface area contributed by atoms with Gasteiger partial charge in [-0.25, -0.2) is 0 Å². The van der Waals surface area contributed by atoms with Gasteiger partial charge >= 0.3 is 0 Å². The lowest BCUT2D eigenvalue weighted by Crippen LogP contribution is -2.49. The summed E-state index contributed by atoms with van der Waals surface area (Å²) in [6.07, 6.45) is 15.2. The summed E-state index contributed by atoms with van der Waals surface area (Å²) >= 11 is 0. The smallest absolute Gasteiger partial charge is 0.0911 e. The Morgan fingerprint density at radius 1 is 1.13 bits per heavy atom. The Balaban J connectivity index is 1.69. The molecule has 3 saturated carbocycles. The normalized spacial score (nSPS) is 50.5. The lowest BCUT2D eigenvalue weighted by molar-refractivity contribution is -0.0205. The van der Waals surface area contributed by atoms with Crippen LogP contribution < -0.4 is 0 Å². The molecule has 0 amide bonds. The lowest BCUT2D eigenvalue weighted by atomic mass is 9.47. The minimum atomic E-state index is 0.318. The summed E-state index contributed by atoms with van der Waals surface area (Å²) in [4.78, 5) is 0. The van der Waals surface area contributed by atoms with E-state index in [1.807, 2.05) is 6.08 Å². The summed E-state index contributed by atoms with van der Waals surface area (Å²) in [6, 6.07) is 2.32. The summed E-state index contributed by atoms with van der Waals surface area (Å²) in [5.74, 6) is 3.46. The van der Waals surface area contributed by atoms with Crippen LogP contribution in [-0.2, 0) is 0 Å². The van der Waals surface area contributed by atoms with Crippen LogP contribution in [0.4, 0.5) is 0 Å². The zero-order valence-corrected chi connectivity index (χ0v) is 15.1. The highest BCUT2D eigenvalue weighted by atomic mass is 14.6. The van der Waals surface area contributed by atoms with E-state index < -0.39 is 0 Å². The van der Waals surface area contributed by atoms with E-state index in [1.54, 1.807) is 5.57 Å². The van der Waals surface area contributed by atoms with Gasteiger partial charge in [0.25, 0.3) is 0 Å². The Hall–Kier alpha value is -1.03. The number of rotatable bonds is 0. The molecular weight excluding hydrogens is 278 g/mol. The molecule has 0 N–H and O–H groups in total. The average Bonchev–Trinajstić information content (AvgIpc) is 2.84. The average molecular weight is 309 g/mol. The summed E-state index contributed by atoms with van der Waals surface area (Å²) in [6.45, 7) is 7.52. The van der Waals surface area contributed by atoms with E-state index in [-0.39, 0.29) is 0 Å². The molecule has 0 radical (unpaired) electrons. The fourth-order valence-corrected chi connectivity index (χ4v) is 7.22. The summed E-state index contributed by atoms with van der Waals surface area (Å²) in [5, 5.41) is 9.15. The Labute approximate surface area is 141 Å². The molecule has 0 heterocycles. The second kappa shape index (κ2) is 5.23. The Bertz CT molecular complexity index is 606. The Morgan fingerprint density at radius 2 is 1.91 bits per heavy atom. The lowest BCUT2D eigenvalue weighted by Gasteiger charge is -2.57. The van der Waals surface area contributed by atoms with Crippen molar-refractivity contribution in [3.05, 3.63) is 23.3 Å². The van der Waals surface area contributed by atoms with E-state index >= 15 is 0 Å². The molecular formula is C22H31N. The van der Waals surface area contributed by atoms with Gasteiger partial charge in [0.15, 0.2) is 0 Å². The van der Waals surface area contributed by atoms with E-state index in [1.165, 1.54) is 56.9 Å². The largest absolute Gasteiger partial charge is 0.193 e. The van der Waals surface area contributed by atoms with Crippen molar-refractivity contribution in [2.24, 2.45) is 34.5 Å². The molecule has 4 aliphatic carbocycles.